The van der Waals surface area contributed by atoms with Gasteiger partial charge in [0.15, 0.2) is 0 Å². The van der Waals surface area contributed by atoms with Crippen LogP contribution in [-0.2, 0) is 12.0 Å². The second kappa shape index (κ2) is 8.78. The van der Waals surface area contributed by atoms with Crippen molar-refractivity contribution < 1.29 is 9.34 Å². The summed E-state index contributed by atoms with van der Waals surface area (Å²) in [5.74, 6) is 0. The first kappa shape index (κ1) is 22.1. The number of benzene rings is 3. The fraction of sp³-hybridized carbons (Fsp3) is 0.192. The molecule has 0 aliphatic carbocycles. The average Bonchev–Trinajstić information content (AvgIpc) is 2.78. The molecule has 168 valence electrons. The summed E-state index contributed by atoms with van der Waals surface area (Å²) in [5.41, 5.74) is 4.44. The molecule has 0 radical (unpaired) electrons. The smallest absolute Gasteiger partial charge is 0.338 e. The van der Waals surface area contributed by atoms with Crippen LogP contribution in [0.3, 0.4) is 0 Å². The summed E-state index contributed by atoms with van der Waals surface area (Å²) in [4.78, 5) is 22.6. The molecule has 0 unspecified atom stereocenters. The highest BCUT2D eigenvalue weighted by atomic mass is 16.6. The maximum atomic E-state index is 11.9. The molecule has 0 atom stereocenters. The van der Waals surface area contributed by atoms with E-state index >= 15 is 0 Å². The van der Waals surface area contributed by atoms with E-state index in [1.54, 1.807) is 0 Å². The number of anilines is 3. The Morgan fingerprint density at radius 2 is 1.58 bits per heavy atom. The van der Waals surface area contributed by atoms with Gasteiger partial charge in [-0.25, -0.2) is 4.79 Å². The van der Waals surface area contributed by atoms with Crippen molar-refractivity contribution in [3.05, 3.63) is 104 Å². The van der Waals surface area contributed by atoms with Gasteiger partial charge in [-0.15, -0.1) is 0 Å². The van der Waals surface area contributed by atoms with Crippen molar-refractivity contribution in [3.8, 4) is 0 Å². The van der Waals surface area contributed by atoms with Crippen LogP contribution in [0, 0.1) is 10.1 Å². The highest BCUT2D eigenvalue weighted by Gasteiger charge is 2.13. The van der Waals surface area contributed by atoms with Gasteiger partial charge in [0.25, 0.3) is 5.69 Å². The lowest BCUT2D eigenvalue weighted by Crippen LogP contribution is -2.11. The normalized spacial score (nSPS) is 11.4. The number of hydrogen-bond donors (Lipinski definition) is 2. The van der Waals surface area contributed by atoms with Crippen LogP contribution in [0.25, 0.3) is 11.0 Å². The number of rotatable bonds is 6. The number of fused-ring (bicyclic) bond motifs is 1. The van der Waals surface area contributed by atoms with E-state index in [0.29, 0.717) is 17.6 Å². The van der Waals surface area contributed by atoms with Crippen molar-refractivity contribution >= 4 is 33.7 Å². The van der Waals surface area contributed by atoms with E-state index in [1.165, 1.54) is 35.4 Å². The van der Waals surface area contributed by atoms with Crippen LogP contribution in [0.2, 0.25) is 0 Å². The van der Waals surface area contributed by atoms with Crippen LogP contribution < -0.4 is 16.3 Å². The molecule has 0 spiro atoms. The van der Waals surface area contributed by atoms with Gasteiger partial charge in [0, 0.05) is 41.5 Å². The molecule has 0 fully saturated rings. The second-order valence-electron chi connectivity index (χ2n) is 8.92. The first-order valence-electron chi connectivity index (χ1n) is 10.6. The minimum absolute atomic E-state index is 0.0746. The van der Waals surface area contributed by atoms with Crippen LogP contribution in [0.5, 0.6) is 0 Å². The predicted molar refractivity (Wildman–Crippen MR) is 131 cm³/mol. The summed E-state index contributed by atoms with van der Waals surface area (Å²) in [6, 6.07) is 21.6. The Morgan fingerprint density at radius 3 is 2.21 bits per heavy atom. The molecule has 0 saturated carbocycles. The summed E-state index contributed by atoms with van der Waals surface area (Å²) in [5, 5.41) is 18.2. The predicted octanol–water partition coefficient (Wildman–Crippen LogP) is 6.35. The molecule has 1 heterocycles. The molecule has 0 aliphatic heterocycles. The molecule has 0 saturated heterocycles. The first-order chi connectivity index (χ1) is 15.7. The lowest BCUT2D eigenvalue weighted by Gasteiger charge is -2.19. The highest BCUT2D eigenvalue weighted by molar-refractivity contribution is 5.93. The fourth-order valence-electron chi connectivity index (χ4n) is 3.52. The number of nitrogens with one attached hydrogen (secondary N) is 2. The maximum Gasteiger partial charge on any atom is 0.338 e. The number of nitro benzene ring substituents is 1. The molecular formula is C26H25N3O4. The van der Waals surface area contributed by atoms with E-state index in [2.05, 4.69) is 55.7 Å². The lowest BCUT2D eigenvalue weighted by molar-refractivity contribution is -0.384. The van der Waals surface area contributed by atoms with Crippen LogP contribution in [-0.4, -0.2) is 4.92 Å². The third-order valence-corrected chi connectivity index (χ3v) is 5.42. The van der Waals surface area contributed by atoms with Gasteiger partial charge in [0.1, 0.15) is 5.58 Å². The van der Waals surface area contributed by atoms with Crippen molar-refractivity contribution in [1.29, 1.82) is 0 Å². The van der Waals surface area contributed by atoms with Crippen molar-refractivity contribution in [1.82, 2.24) is 0 Å². The van der Waals surface area contributed by atoms with Crippen LogP contribution >= 0.6 is 0 Å². The van der Waals surface area contributed by atoms with Gasteiger partial charge in [-0.3, -0.25) is 10.1 Å². The van der Waals surface area contributed by atoms with Gasteiger partial charge in [0.05, 0.1) is 10.6 Å². The molecule has 2 N–H and O–H groups in total. The quantitative estimate of drug-likeness (QED) is 0.205. The third kappa shape index (κ3) is 5.20. The van der Waals surface area contributed by atoms with E-state index in [9.17, 15) is 14.9 Å². The van der Waals surface area contributed by atoms with E-state index in [1.807, 2.05) is 24.3 Å². The zero-order chi connectivity index (χ0) is 23.6. The molecule has 7 heteroatoms. The molecule has 0 aliphatic rings. The van der Waals surface area contributed by atoms with Crippen molar-refractivity contribution in [2.45, 2.75) is 32.7 Å². The SMILES string of the molecule is CC(C)(C)c1ccc(CNc2ccc(Nc3cc(=O)oc4ccc([N+](=O)[O-])cc34)cc2)cc1. The van der Waals surface area contributed by atoms with E-state index in [0.717, 1.165) is 11.4 Å². The Hall–Kier alpha value is -4.13. The van der Waals surface area contributed by atoms with E-state index in [4.69, 9.17) is 4.42 Å². The Balaban J connectivity index is 1.48. The average molecular weight is 444 g/mol. The number of nitro groups is 1. The van der Waals surface area contributed by atoms with Gasteiger partial charge in [-0.05, 0) is 46.9 Å². The molecule has 33 heavy (non-hydrogen) atoms. The fourth-order valence-corrected chi connectivity index (χ4v) is 3.52. The largest absolute Gasteiger partial charge is 0.423 e. The van der Waals surface area contributed by atoms with Gasteiger partial charge < -0.3 is 15.1 Å². The topological polar surface area (TPSA) is 97.4 Å². The minimum Gasteiger partial charge on any atom is -0.423 e. The van der Waals surface area contributed by atoms with E-state index in [-0.39, 0.29) is 16.7 Å². The minimum atomic E-state index is -0.533. The van der Waals surface area contributed by atoms with Gasteiger partial charge >= 0.3 is 5.63 Å². The first-order valence-corrected chi connectivity index (χ1v) is 10.6. The van der Waals surface area contributed by atoms with Gasteiger partial charge in [-0.1, -0.05) is 45.0 Å². The number of nitrogens with zero attached hydrogens (tertiary/aromatic N) is 1. The Morgan fingerprint density at radius 1 is 0.909 bits per heavy atom. The Bertz CT molecular complexity index is 1350. The molecule has 1 aromatic heterocycles. The van der Waals surface area contributed by atoms with E-state index < -0.39 is 10.5 Å². The Labute approximate surface area is 191 Å². The summed E-state index contributed by atoms with van der Waals surface area (Å²) >= 11 is 0. The number of hydrogen-bond acceptors (Lipinski definition) is 6. The van der Waals surface area contributed by atoms with Crippen LogP contribution in [0.1, 0.15) is 31.9 Å². The monoisotopic (exact) mass is 443 g/mol. The highest BCUT2D eigenvalue weighted by Crippen LogP contribution is 2.29. The number of non-ortho nitro benzene ring substituents is 1. The van der Waals surface area contributed by atoms with Crippen LogP contribution in [0.4, 0.5) is 22.7 Å². The zero-order valence-electron chi connectivity index (χ0n) is 18.7. The third-order valence-electron chi connectivity index (χ3n) is 5.42. The molecule has 4 aromatic rings. The van der Waals surface area contributed by atoms with Gasteiger partial charge in [0.2, 0.25) is 0 Å². The van der Waals surface area contributed by atoms with Crippen molar-refractivity contribution in [3.63, 3.8) is 0 Å². The molecule has 0 amide bonds. The molecular weight excluding hydrogens is 418 g/mol. The summed E-state index contributed by atoms with van der Waals surface area (Å²) in [6.07, 6.45) is 0. The summed E-state index contributed by atoms with van der Waals surface area (Å²) in [7, 11) is 0. The van der Waals surface area contributed by atoms with Crippen molar-refractivity contribution in [2.24, 2.45) is 0 Å². The van der Waals surface area contributed by atoms with Gasteiger partial charge in [-0.2, -0.15) is 0 Å². The molecule has 0 bridgehead atoms. The van der Waals surface area contributed by atoms with Crippen LogP contribution in [0.15, 0.2) is 82.0 Å². The Kier molecular flexibility index (Phi) is 5.87. The lowest BCUT2D eigenvalue weighted by atomic mass is 9.87. The maximum absolute atomic E-state index is 11.9. The zero-order valence-corrected chi connectivity index (χ0v) is 18.7. The second-order valence-corrected chi connectivity index (χ2v) is 8.92. The molecule has 7 nitrogen and oxygen atoms in total. The molecule has 3 aromatic carbocycles. The summed E-state index contributed by atoms with van der Waals surface area (Å²) in [6.45, 7) is 7.29. The van der Waals surface area contributed by atoms with Crippen molar-refractivity contribution in [2.75, 3.05) is 10.6 Å². The summed E-state index contributed by atoms with van der Waals surface area (Å²) < 4.78 is 5.17. The molecule has 4 rings (SSSR count). The standard InChI is InChI=1S/C26H25N3O4/c1-26(2,3)18-6-4-17(5-7-18)16-27-19-8-10-20(11-9-19)28-23-15-25(30)33-24-13-12-21(29(31)32)14-22(23)24/h4-15,27-28H,16H2,1-3H3.